The fraction of sp³-hybridized carbons (Fsp3) is 0.412. The maximum Gasteiger partial charge on any atom is 0.229 e. The average Bonchev–Trinajstić information content (AvgIpc) is 2.89. The Labute approximate surface area is 140 Å². The van der Waals surface area contributed by atoms with E-state index in [-0.39, 0.29) is 18.4 Å². The second-order valence-electron chi connectivity index (χ2n) is 5.72. The minimum atomic E-state index is 0.0508. The van der Waals surface area contributed by atoms with Gasteiger partial charge < -0.3 is 14.1 Å². The summed E-state index contributed by atoms with van der Waals surface area (Å²) in [6, 6.07) is 7.41. The molecule has 0 radical (unpaired) electrons. The fourth-order valence-electron chi connectivity index (χ4n) is 2.68. The Kier molecular flexibility index (Phi) is 4.68. The molecule has 1 saturated heterocycles. The van der Waals surface area contributed by atoms with Crippen molar-refractivity contribution < 1.29 is 13.9 Å². The van der Waals surface area contributed by atoms with E-state index in [0.717, 1.165) is 5.56 Å². The number of halogens is 1. The number of morpholine rings is 1. The van der Waals surface area contributed by atoms with E-state index in [1.54, 1.807) is 12.1 Å². The highest BCUT2D eigenvalue weighted by molar-refractivity contribution is 6.30. The van der Waals surface area contributed by atoms with Crippen LogP contribution in [0.3, 0.4) is 0 Å². The first-order chi connectivity index (χ1) is 11.0. The van der Waals surface area contributed by atoms with Gasteiger partial charge in [-0.05, 0) is 32.0 Å². The SMILES string of the molecule is Cc1oc(-c2cccc(Cl)c2)nc1CC(=O)N1CCOCC1C. The fourth-order valence-corrected chi connectivity index (χ4v) is 2.87. The van der Waals surface area contributed by atoms with Gasteiger partial charge in [0, 0.05) is 17.1 Å². The number of ether oxygens (including phenoxy) is 1. The summed E-state index contributed by atoms with van der Waals surface area (Å²) in [5.41, 5.74) is 1.47. The lowest BCUT2D eigenvalue weighted by atomic mass is 10.2. The molecule has 122 valence electrons. The standard InChI is InChI=1S/C17H19ClN2O3/c1-11-10-22-7-6-20(11)16(21)9-15-12(2)23-17(19-15)13-4-3-5-14(18)8-13/h3-5,8,11H,6-7,9-10H2,1-2H3. The average molecular weight is 335 g/mol. The molecule has 2 aromatic rings. The van der Waals surface area contributed by atoms with Gasteiger partial charge in [0.05, 0.1) is 31.4 Å². The molecule has 1 aliphatic rings. The van der Waals surface area contributed by atoms with Crippen LogP contribution >= 0.6 is 11.6 Å². The van der Waals surface area contributed by atoms with Crippen LogP contribution in [0.2, 0.25) is 5.02 Å². The molecule has 0 aliphatic carbocycles. The molecular weight excluding hydrogens is 316 g/mol. The summed E-state index contributed by atoms with van der Waals surface area (Å²) < 4.78 is 11.1. The van der Waals surface area contributed by atoms with Gasteiger partial charge >= 0.3 is 0 Å². The van der Waals surface area contributed by atoms with E-state index in [1.165, 1.54) is 0 Å². The molecule has 2 heterocycles. The Bertz CT molecular complexity index is 714. The lowest BCUT2D eigenvalue weighted by Crippen LogP contribution is -2.47. The number of carbonyl (C=O) groups is 1. The second kappa shape index (κ2) is 6.72. The molecule has 3 rings (SSSR count). The summed E-state index contributed by atoms with van der Waals surface area (Å²) in [5.74, 6) is 1.20. The Morgan fingerprint density at radius 1 is 1.48 bits per heavy atom. The second-order valence-corrected chi connectivity index (χ2v) is 6.16. The number of oxazole rings is 1. The third-order valence-corrected chi connectivity index (χ3v) is 4.21. The molecule has 0 spiro atoms. The van der Waals surface area contributed by atoms with Gasteiger partial charge in [0.2, 0.25) is 11.8 Å². The highest BCUT2D eigenvalue weighted by Gasteiger charge is 2.25. The van der Waals surface area contributed by atoms with Gasteiger partial charge in [-0.3, -0.25) is 4.79 Å². The molecule has 5 nitrogen and oxygen atoms in total. The van der Waals surface area contributed by atoms with E-state index in [2.05, 4.69) is 4.98 Å². The number of rotatable bonds is 3. The Morgan fingerprint density at radius 2 is 2.30 bits per heavy atom. The van der Waals surface area contributed by atoms with Crippen molar-refractivity contribution >= 4 is 17.5 Å². The van der Waals surface area contributed by atoms with Crippen LogP contribution in [0, 0.1) is 6.92 Å². The number of aryl methyl sites for hydroxylation is 1. The highest BCUT2D eigenvalue weighted by Crippen LogP contribution is 2.25. The van der Waals surface area contributed by atoms with Crippen molar-refractivity contribution in [2.45, 2.75) is 26.3 Å². The van der Waals surface area contributed by atoms with E-state index >= 15 is 0 Å². The normalized spacial score (nSPS) is 18.2. The molecule has 1 atom stereocenters. The van der Waals surface area contributed by atoms with Gasteiger partial charge in [0.1, 0.15) is 5.76 Å². The molecule has 0 bridgehead atoms. The van der Waals surface area contributed by atoms with Crippen molar-refractivity contribution in [1.82, 2.24) is 9.88 Å². The molecule has 1 aliphatic heterocycles. The molecule has 1 fully saturated rings. The Balaban J connectivity index is 1.77. The van der Waals surface area contributed by atoms with E-state index in [1.807, 2.05) is 30.9 Å². The van der Waals surface area contributed by atoms with Crippen LogP contribution in [-0.2, 0) is 16.0 Å². The lowest BCUT2D eigenvalue weighted by Gasteiger charge is -2.33. The van der Waals surface area contributed by atoms with Crippen molar-refractivity contribution in [2.75, 3.05) is 19.8 Å². The Morgan fingerprint density at radius 3 is 3.04 bits per heavy atom. The Hall–Kier alpha value is -1.85. The molecular formula is C17H19ClN2O3. The largest absolute Gasteiger partial charge is 0.441 e. The van der Waals surface area contributed by atoms with Gasteiger partial charge in [0.15, 0.2) is 0 Å². The molecule has 23 heavy (non-hydrogen) atoms. The minimum absolute atomic E-state index is 0.0508. The first kappa shape index (κ1) is 16.0. The molecule has 1 unspecified atom stereocenters. The van der Waals surface area contributed by atoms with Crippen molar-refractivity contribution in [3.63, 3.8) is 0 Å². The van der Waals surface area contributed by atoms with E-state index < -0.39 is 0 Å². The van der Waals surface area contributed by atoms with Crippen molar-refractivity contribution in [1.29, 1.82) is 0 Å². The summed E-state index contributed by atoms with van der Waals surface area (Å²) in [6.07, 6.45) is 0.236. The third kappa shape index (κ3) is 3.57. The topological polar surface area (TPSA) is 55.6 Å². The van der Waals surface area contributed by atoms with Gasteiger partial charge in [-0.25, -0.2) is 4.98 Å². The predicted molar refractivity (Wildman–Crippen MR) is 87.4 cm³/mol. The maximum absolute atomic E-state index is 12.5. The molecule has 1 aromatic carbocycles. The summed E-state index contributed by atoms with van der Waals surface area (Å²) in [5, 5.41) is 0.623. The van der Waals surface area contributed by atoms with Gasteiger partial charge in [-0.15, -0.1) is 0 Å². The predicted octanol–water partition coefficient (Wildman–Crippen LogP) is 3.09. The number of carbonyl (C=O) groups excluding carboxylic acids is 1. The zero-order valence-corrected chi connectivity index (χ0v) is 14.0. The van der Waals surface area contributed by atoms with Gasteiger partial charge in [0.25, 0.3) is 0 Å². The molecule has 1 aromatic heterocycles. The van der Waals surface area contributed by atoms with Crippen LogP contribution in [0.25, 0.3) is 11.5 Å². The van der Waals surface area contributed by atoms with Crippen LogP contribution in [0.1, 0.15) is 18.4 Å². The summed E-state index contributed by atoms with van der Waals surface area (Å²) in [7, 11) is 0. The zero-order chi connectivity index (χ0) is 16.4. The van der Waals surface area contributed by atoms with Crippen LogP contribution in [-0.4, -0.2) is 41.6 Å². The molecule has 0 saturated carbocycles. The first-order valence-electron chi connectivity index (χ1n) is 7.64. The van der Waals surface area contributed by atoms with Crippen LogP contribution in [0.4, 0.5) is 0 Å². The minimum Gasteiger partial charge on any atom is -0.441 e. The van der Waals surface area contributed by atoms with Gasteiger partial charge in [-0.1, -0.05) is 17.7 Å². The van der Waals surface area contributed by atoms with E-state index in [9.17, 15) is 4.79 Å². The monoisotopic (exact) mass is 334 g/mol. The summed E-state index contributed by atoms with van der Waals surface area (Å²) >= 11 is 6.00. The van der Waals surface area contributed by atoms with Crippen LogP contribution in [0.5, 0.6) is 0 Å². The molecule has 6 heteroatoms. The number of hydrogen-bond acceptors (Lipinski definition) is 4. The number of benzene rings is 1. The molecule has 0 N–H and O–H groups in total. The summed E-state index contributed by atoms with van der Waals surface area (Å²) in [6.45, 7) is 5.60. The van der Waals surface area contributed by atoms with E-state index in [0.29, 0.717) is 42.1 Å². The first-order valence-corrected chi connectivity index (χ1v) is 8.02. The van der Waals surface area contributed by atoms with Gasteiger partial charge in [-0.2, -0.15) is 0 Å². The van der Waals surface area contributed by atoms with Crippen molar-refractivity contribution in [2.24, 2.45) is 0 Å². The molecule has 1 amide bonds. The van der Waals surface area contributed by atoms with E-state index in [4.69, 9.17) is 20.8 Å². The zero-order valence-electron chi connectivity index (χ0n) is 13.2. The van der Waals surface area contributed by atoms with Crippen molar-refractivity contribution in [3.8, 4) is 11.5 Å². The maximum atomic E-state index is 12.5. The van der Waals surface area contributed by atoms with Crippen LogP contribution < -0.4 is 0 Å². The summed E-state index contributed by atoms with van der Waals surface area (Å²) in [4.78, 5) is 18.8. The highest BCUT2D eigenvalue weighted by atomic mass is 35.5. The number of amides is 1. The quantitative estimate of drug-likeness (QED) is 0.865. The smallest absolute Gasteiger partial charge is 0.229 e. The lowest BCUT2D eigenvalue weighted by molar-refractivity contribution is -0.138. The number of hydrogen-bond donors (Lipinski definition) is 0. The third-order valence-electron chi connectivity index (χ3n) is 3.97. The van der Waals surface area contributed by atoms with Crippen LogP contribution in [0.15, 0.2) is 28.7 Å². The van der Waals surface area contributed by atoms with Crippen molar-refractivity contribution in [3.05, 3.63) is 40.7 Å². The number of aromatic nitrogens is 1. The number of nitrogens with zero attached hydrogens (tertiary/aromatic N) is 2.